The number of aromatic nitrogens is 5. The van der Waals surface area contributed by atoms with E-state index in [-0.39, 0.29) is 6.61 Å². The molecule has 0 unspecified atom stereocenters. The van der Waals surface area contributed by atoms with Gasteiger partial charge in [0.1, 0.15) is 6.61 Å². The van der Waals surface area contributed by atoms with Gasteiger partial charge in [-0.25, -0.2) is 5.90 Å². The average molecular weight is 182 g/mol. The van der Waals surface area contributed by atoms with Gasteiger partial charge in [0.05, 0.1) is 6.20 Å². The summed E-state index contributed by atoms with van der Waals surface area (Å²) in [5.41, 5.74) is 0.507. The Morgan fingerprint density at radius 3 is 3.23 bits per heavy atom. The van der Waals surface area contributed by atoms with Crippen LogP contribution >= 0.6 is 0 Å². The monoisotopic (exact) mass is 182 g/mol. The van der Waals surface area contributed by atoms with E-state index in [1.807, 2.05) is 0 Å². The molecule has 2 rings (SSSR count). The molecule has 3 N–H and O–H groups in total. The average Bonchev–Trinajstić information content (AvgIpc) is 2.70. The summed E-state index contributed by atoms with van der Waals surface area (Å²) >= 11 is 0. The fourth-order valence-corrected chi connectivity index (χ4v) is 0.798. The minimum absolute atomic E-state index is 0.0743. The molecule has 68 valence electrons. The van der Waals surface area contributed by atoms with E-state index >= 15 is 0 Å². The number of nitrogens with zero attached hydrogens (tertiary/aromatic N) is 4. The summed E-state index contributed by atoms with van der Waals surface area (Å²) in [5, 5.41) is 13.4. The summed E-state index contributed by atoms with van der Waals surface area (Å²) in [4.78, 5) is 8.26. The van der Waals surface area contributed by atoms with E-state index in [9.17, 15) is 0 Å². The van der Waals surface area contributed by atoms with Gasteiger partial charge in [-0.05, 0) is 0 Å². The molecular formula is C5H6N6O2. The van der Waals surface area contributed by atoms with Gasteiger partial charge in [0.2, 0.25) is 5.82 Å². The van der Waals surface area contributed by atoms with Crippen LogP contribution in [0.5, 0.6) is 0 Å². The van der Waals surface area contributed by atoms with Crippen molar-refractivity contribution in [1.29, 1.82) is 0 Å². The molecule has 0 aliphatic rings. The van der Waals surface area contributed by atoms with E-state index < -0.39 is 0 Å². The Hall–Kier alpha value is -1.80. The van der Waals surface area contributed by atoms with E-state index in [0.29, 0.717) is 17.4 Å². The number of rotatable bonds is 3. The zero-order valence-corrected chi connectivity index (χ0v) is 6.47. The second kappa shape index (κ2) is 3.29. The summed E-state index contributed by atoms with van der Waals surface area (Å²) in [6.07, 6.45) is 1.48. The summed E-state index contributed by atoms with van der Waals surface area (Å²) in [6, 6.07) is 0. The molecule has 0 fully saturated rings. The summed E-state index contributed by atoms with van der Waals surface area (Å²) < 4.78 is 4.78. The van der Waals surface area contributed by atoms with Crippen LogP contribution in [0.1, 0.15) is 5.89 Å². The first-order valence-electron chi connectivity index (χ1n) is 3.40. The zero-order chi connectivity index (χ0) is 9.10. The highest BCUT2D eigenvalue weighted by Crippen LogP contribution is 2.10. The lowest BCUT2D eigenvalue weighted by atomic mass is 10.5. The molecule has 2 aromatic rings. The quantitative estimate of drug-likeness (QED) is 0.599. The molecule has 0 bridgehead atoms. The van der Waals surface area contributed by atoms with E-state index in [1.54, 1.807) is 0 Å². The Morgan fingerprint density at radius 1 is 1.62 bits per heavy atom. The van der Waals surface area contributed by atoms with Crippen molar-refractivity contribution in [3.05, 3.63) is 12.1 Å². The minimum atomic E-state index is 0.0743. The van der Waals surface area contributed by atoms with Crippen LogP contribution in [-0.4, -0.2) is 25.6 Å². The first kappa shape index (κ1) is 7.83. The standard InChI is InChI=1S/C5H6N6O2/c6-12-2-4-8-5(10-13-4)3-1-7-11-9-3/h1H,2,6H2,(H,7,9,11). The third kappa shape index (κ3) is 1.53. The van der Waals surface area contributed by atoms with Crippen LogP contribution in [0.4, 0.5) is 0 Å². The molecule has 2 heterocycles. The highest BCUT2D eigenvalue weighted by atomic mass is 16.6. The third-order valence-corrected chi connectivity index (χ3v) is 1.32. The first-order valence-corrected chi connectivity index (χ1v) is 3.40. The smallest absolute Gasteiger partial charge is 0.255 e. The van der Waals surface area contributed by atoms with Crippen molar-refractivity contribution in [1.82, 2.24) is 25.6 Å². The van der Waals surface area contributed by atoms with Crippen LogP contribution < -0.4 is 5.90 Å². The molecule has 0 radical (unpaired) electrons. The Balaban J connectivity index is 2.23. The van der Waals surface area contributed by atoms with Gasteiger partial charge in [0.25, 0.3) is 5.89 Å². The molecule has 2 aromatic heterocycles. The maximum Gasteiger partial charge on any atom is 0.255 e. The van der Waals surface area contributed by atoms with Crippen LogP contribution in [0.15, 0.2) is 10.7 Å². The van der Waals surface area contributed by atoms with Crippen molar-refractivity contribution in [3.8, 4) is 11.5 Å². The van der Waals surface area contributed by atoms with Crippen molar-refractivity contribution >= 4 is 0 Å². The summed E-state index contributed by atoms with van der Waals surface area (Å²) in [5.74, 6) is 5.47. The topological polar surface area (TPSA) is 116 Å². The Bertz CT molecular complexity index is 368. The first-order chi connectivity index (χ1) is 6.40. The largest absolute Gasteiger partial charge is 0.336 e. The predicted octanol–water partition coefficient (Wildman–Crippen LogP) is -0.755. The molecule has 0 aliphatic heterocycles. The second-order valence-corrected chi connectivity index (χ2v) is 2.18. The molecule has 13 heavy (non-hydrogen) atoms. The lowest BCUT2D eigenvalue weighted by Gasteiger charge is -1.85. The number of aromatic amines is 1. The molecule has 0 aliphatic carbocycles. The van der Waals surface area contributed by atoms with Gasteiger partial charge < -0.3 is 4.52 Å². The van der Waals surface area contributed by atoms with Gasteiger partial charge in [0.15, 0.2) is 5.69 Å². The Morgan fingerprint density at radius 2 is 2.54 bits per heavy atom. The second-order valence-electron chi connectivity index (χ2n) is 2.18. The van der Waals surface area contributed by atoms with Crippen molar-refractivity contribution in [2.75, 3.05) is 0 Å². The van der Waals surface area contributed by atoms with Crippen molar-refractivity contribution < 1.29 is 9.36 Å². The fraction of sp³-hybridized carbons (Fsp3) is 0.200. The highest BCUT2D eigenvalue weighted by Gasteiger charge is 2.09. The highest BCUT2D eigenvalue weighted by molar-refractivity contribution is 5.44. The van der Waals surface area contributed by atoms with E-state index in [4.69, 9.17) is 10.4 Å². The number of hydrogen-bond acceptors (Lipinski definition) is 7. The van der Waals surface area contributed by atoms with Crippen molar-refractivity contribution in [3.63, 3.8) is 0 Å². The number of nitrogens with one attached hydrogen (secondary N) is 1. The number of nitrogens with two attached hydrogens (primary N) is 1. The zero-order valence-electron chi connectivity index (χ0n) is 6.47. The van der Waals surface area contributed by atoms with Crippen molar-refractivity contribution in [2.24, 2.45) is 5.90 Å². The van der Waals surface area contributed by atoms with Crippen LogP contribution in [0.2, 0.25) is 0 Å². The van der Waals surface area contributed by atoms with Crippen LogP contribution in [0.3, 0.4) is 0 Å². The molecule has 0 aromatic carbocycles. The molecule has 0 atom stereocenters. The lowest BCUT2D eigenvalue weighted by Crippen LogP contribution is -1.98. The third-order valence-electron chi connectivity index (χ3n) is 1.32. The normalized spacial score (nSPS) is 10.5. The molecule has 0 spiro atoms. The SMILES string of the molecule is NOCc1nc(-c2cn[nH]n2)no1. The minimum Gasteiger partial charge on any atom is -0.336 e. The molecule has 0 amide bonds. The molecular weight excluding hydrogens is 176 g/mol. The Kier molecular flexibility index (Phi) is 1.98. The molecule has 8 heteroatoms. The number of H-pyrrole nitrogens is 1. The van der Waals surface area contributed by atoms with Gasteiger partial charge in [-0.15, -0.1) is 0 Å². The fourth-order valence-electron chi connectivity index (χ4n) is 0.798. The lowest BCUT2D eigenvalue weighted by molar-refractivity contribution is 0.0996. The van der Waals surface area contributed by atoms with Gasteiger partial charge >= 0.3 is 0 Å². The van der Waals surface area contributed by atoms with Gasteiger partial charge in [-0.1, -0.05) is 5.16 Å². The summed E-state index contributed by atoms with van der Waals surface area (Å²) in [7, 11) is 0. The van der Waals surface area contributed by atoms with Gasteiger partial charge in [0, 0.05) is 0 Å². The van der Waals surface area contributed by atoms with Crippen molar-refractivity contribution in [2.45, 2.75) is 6.61 Å². The van der Waals surface area contributed by atoms with Gasteiger partial charge in [-0.3, -0.25) is 4.84 Å². The van der Waals surface area contributed by atoms with E-state index in [2.05, 4.69) is 30.4 Å². The van der Waals surface area contributed by atoms with Gasteiger partial charge in [-0.2, -0.15) is 20.4 Å². The molecule has 0 saturated carbocycles. The van der Waals surface area contributed by atoms with E-state index in [0.717, 1.165) is 0 Å². The van der Waals surface area contributed by atoms with E-state index in [1.165, 1.54) is 6.20 Å². The predicted molar refractivity (Wildman–Crippen MR) is 38.7 cm³/mol. The number of hydrogen-bond donors (Lipinski definition) is 2. The van der Waals surface area contributed by atoms with Crippen LogP contribution in [0.25, 0.3) is 11.5 Å². The van der Waals surface area contributed by atoms with Crippen LogP contribution in [-0.2, 0) is 11.4 Å². The molecule has 8 nitrogen and oxygen atoms in total. The van der Waals surface area contributed by atoms with Crippen LogP contribution in [0, 0.1) is 0 Å². The maximum atomic E-state index is 4.83. The maximum absolute atomic E-state index is 4.83. The summed E-state index contributed by atoms with van der Waals surface area (Å²) in [6.45, 7) is 0.0743. The molecule has 0 saturated heterocycles. The Labute approximate surface area is 72.0 Å².